The minimum absolute atomic E-state index is 0.0450. The lowest BCUT2D eigenvalue weighted by molar-refractivity contribution is -0.135. The Morgan fingerprint density at radius 3 is 3.04 bits per heavy atom. The second-order valence-corrected chi connectivity index (χ2v) is 5.84. The smallest absolute Gasteiger partial charge is 0.219 e. The molecule has 1 fully saturated rings. The van der Waals surface area contributed by atoms with Crippen LogP contribution in [0, 0.1) is 13.8 Å². The summed E-state index contributed by atoms with van der Waals surface area (Å²) in [5.74, 6) is 0.838. The molecular formula is C16H21N5O2. The van der Waals surface area contributed by atoms with E-state index >= 15 is 0 Å². The molecule has 2 aromatic heterocycles. The van der Waals surface area contributed by atoms with Gasteiger partial charge < -0.3 is 15.0 Å². The summed E-state index contributed by atoms with van der Waals surface area (Å²) in [6, 6.07) is 2.02. The van der Waals surface area contributed by atoms with Crippen molar-refractivity contribution in [2.24, 2.45) is 0 Å². The molecule has 3 rings (SSSR count). The number of morpholine rings is 1. The SMILES string of the molecule is CC(=O)N1CCOC(CNc2ncnc3nc(C)cc(C)c23)C1. The fourth-order valence-corrected chi connectivity index (χ4v) is 2.88. The number of carbonyl (C=O) groups excluding carboxylic acids is 1. The Morgan fingerprint density at radius 2 is 2.26 bits per heavy atom. The Hall–Kier alpha value is -2.28. The van der Waals surface area contributed by atoms with Crippen LogP contribution in [0.1, 0.15) is 18.2 Å². The molecule has 1 unspecified atom stereocenters. The van der Waals surface area contributed by atoms with Crippen LogP contribution in [0.3, 0.4) is 0 Å². The molecule has 0 aromatic carbocycles. The highest BCUT2D eigenvalue weighted by atomic mass is 16.5. The lowest BCUT2D eigenvalue weighted by Crippen LogP contribution is -2.47. The molecule has 1 atom stereocenters. The standard InChI is InChI=1S/C16H21N5O2/c1-10-6-11(2)20-16-14(10)15(18-9-19-16)17-7-13-8-21(12(3)22)4-5-23-13/h6,9,13H,4-5,7-8H2,1-3H3,(H,17,18,19,20). The van der Waals surface area contributed by atoms with Crippen molar-refractivity contribution in [1.29, 1.82) is 0 Å². The zero-order valence-corrected chi connectivity index (χ0v) is 13.7. The average molecular weight is 315 g/mol. The number of fused-ring (bicyclic) bond motifs is 1. The molecule has 0 spiro atoms. The topological polar surface area (TPSA) is 80.2 Å². The molecular weight excluding hydrogens is 294 g/mol. The van der Waals surface area contributed by atoms with E-state index < -0.39 is 0 Å². The van der Waals surface area contributed by atoms with Gasteiger partial charge in [-0.25, -0.2) is 15.0 Å². The first-order chi connectivity index (χ1) is 11.0. The Kier molecular flexibility index (Phi) is 4.38. The number of rotatable bonds is 3. The molecule has 7 heteroatoms. The van der Waals surface area contributed by atoms with Crippen molar-refractivity contribution < 1.29 is 9.53 Å². The van der Waals surface area contributed by atoms with Crippen LogP contribution in [0.2, 0.25) is 0 Å². The highest BCUT2D eigenvalue weighted by Gasteiger charge is 2.22. The summed E-state index contributed by atoms with van der Waals surface area (Å²) in [5.41, 5.74) is 2.72. The van der Waals surface area contributed by atoms with Crippen LogP contribution in [0.15, 0.2) is 12.4 Å². The number of carbonyl (C=O) groups is 1. The van der Waals surface area contributed by atoms with E-state index in [4.69, 9.17) is 4.74 Å². The summed E-state index contributed by atoms with van der Waals surface area (Å²) in [5, 5.41) is 4.25. The third-order valence-electron chi connectivity index (χ3n) is 4.01. The number of anilines is 1. The molecule has 1 aliphatic rings. The molecule has 1 saturated heterocycles. The molecule has 0 radical (unpaired) electrons. The van der Waals surface area contributed by atoms with Crippen LogP contribution >= 0.6 is 0 Å². The van der Waals surface area contributed by atoms with Gasteiger partial charge in [-0.1, -0.05) is 0 Å². The van der Waals surface area contributed by atoms with E-state index in [1.165, 1.54) is 6.33 Å². The van der Waals surface area contributed by atoms with Crippen molar-refractivity contribution in [3.8, 4) is 0 Å². The predicted molar refractivity (Wildman–Crippen MR) is 87.3 cm³/mol. The number of nitrogens with one attached hydrogen (secondary N) is 1. The van der Waals surface area contributed by atoms with Crippen LogP contribution in [-0.2, 0) is 9.53 Å². The molecule has 1 aliphatic heterocycles. The monoisotopic (exact) mass is 315 g/mol. The van der Waals surface area contributed by atoms with E-state index in [1.54, 1.807) is 6.92 Å². The van der Waals surface area contributed by atoms with Gasteiger partial charge in [0.1, 0.15) is 12.1 Å². The number of aromatic nitrogens is 3. The minimum Gasteiger partial charge on any atom is -0.373 e. The van der Waals surface area contributed by atoms with Crippen molar-refractivity contribution in [3.63, 3.8) is 0 Å². The van der Waals surface area contributed by atoms with E-state index in [0.717, 1.165) is 22.5 Å². The Labute approximate surface area is 135 Å². The number of hydrogen-bond donors (Lipinski definition) is 1. The Morgan fingerprint density at radius 1 is 1.43 bits per heavy atom. The van der Waals surface area contributed by atoms with Gasteiger partial charge in [-0.3, -0.25) is 4.79 Å². The van der Waals surface area contributed by atoms with Crippen molar-refractivity contribution in [1.82, 2.24) is 19.9 Å². The lowest BCUT2D eigenvalue weighted by atomic mass is 10.1. The van der Waals surface area contributed by atoms with Gasteiger partial charge >= 0.3 is 0 Å². The third-order valence-corrected chi connectivity index (χ3v) is 4.01. The lowest BCUT2D eigenvalue weighted by Gasteiger charge is -2.32. The third kappa shape index (κ3) is 3.39. The maximum Gasteiger partial charge on any atom is 0.219 e. The van der Waals surface area contributed by atoms with Crippen LogP contribution in [0.25, 0.3) is 11.0 Å². The molecule has 1 amide bonds. The quantitative estimate of drug-likeness (QED) is 0.919. The zero-order chi connectivity index (χ0) is 16.4. The maximum atomic E-state index is 11.5. The number of ether oxygens (including phenoxy) is 1. The van der Waals surface area contributed by atoms with E-state index in [-0.39, 0.29) is 12.0 Å². The van der Waals surface area contributed by atoms with Gasteiger partial charge in [-0.2, -0.15) is 0 Å². The van der Waals surface area contributed by atoms with E-state index in [2.05, 4.69) is 20.3 Å². The highest BCUT2D eigenvalue weighted by molar-refractivity contribution is 5.89. The summed E-state index contributed by atoms with van der Waals surface area (Å²) in [6.07, 6.45) is 1.47. The van der Waals surface area contributed by atoms with Gasteiger partial charge in [0.15, 0.2) is 5.65 Å². The van der Waals surface area contributed by atoms with Crippen LogP contribution < -0.4 is 5.32 Å². The molecule has 7 nitrogen and oxygen atoms in total. The Balaban J connectivity index is 1.76. The first-order valence-electron chi connectivity index (χ1n) is 7.74. The number of hydrogen-bond acceptors (Lipinski definition) is 6. The second-order valence-electron chi connectivity index (χ2n) is 5.84. The van der Waals surface area contributed by atoms with Gasteiger partial charge in [0, 0.05) is 32.3 Å². The molecule has 3 heterocycles. The molecule has 122 valence electrons. The molecule has 2 aromatic rings. The minimum atomic E-state index is -0.0450. The molecule has 0 aliphatic carbocycles. The maximum absolute atomic E-state index is 11.5. The fourth-order valence-electron chi connectivity index (χ4n) is 2.88. The van der Waals surface area contributed by atoms with Crippen LogP contribution in [-0.4, -0.2) is 58.1 Å². The molecule has 0 bridgehead atoms. The van der Waals surface area contributed by atoms with Crippen molar-refractivity contribution >= 4 is 22.8 Å². The van der Waals surface area contributed by atoms with Crippen molar-refractivity contribution in [2.75, 3.05) is 31.6 Å². The summed E-state index contributed by atoms with van der Waals surface area (Å²) in [7, 11) is 0. The summed E-state index contributed by atoms with van der Waals surface area (Å²) in [6.45, 7) is 7.98. The van der Waals surface area contributed by atoms with Crippen molar-refractivity contribution in [2.45, 2.75) is 26.9 Å². The number of pyridine rings is 1. The number of amides is 1. The first kappa shape index (κ1) is 15.6. The van der Waals surface area contributed by atoms with Gasteiger partial charge in [0.2, 0.25) is 5.91 Å². The molecule has 23 heavy (non-hydrogen) atoms. The van der Waals surface area contributed by atoms with Gasteiger partial charge in [0.05, 0.1) is 18.1 Å². The first-order valence-corrected chi connectivity index (χ1v) is 7.74. The second kappa shape index (κ2) is 6.45. The van der Waals surface area contributed by atoms with E-state index in [1.807, 2.05) is 24.8 Å². The number of nitrogens with zero attached hydrogens (tertiary/aromatic N) is 4. The Bertz CT molecular complexity index is 734. The summed E-state index contributed by atoms with van der Waals surface area (Å²) < 4.78 is 5.73. The normalized spacial score (nSPS) is 18.2. The highest BCUT2D eigenvalue weighted by Crippen LogP contribution is 2.22. The summed E-state index contributed by atoms with van der Waals surface area (Å²) >= 11 is 0. The van der Waals surface area contributed by atoms with Gasteiger partial charge in [-0.05, 0) is 25.5 Å². The molecule has 0 saturated carbocycles. The average Bonchev–Trinajstić information content (AvgIpc) is 2.52. The number of aryl methyl sites for hydroxylation is 2. The van der Waals surface area contributed by atoms with Gasteiger partial charge in [-0.15, -0.1) is 0 Å². The van der Waals surface area contributed by atoms with Crippen LogP contribution in [0.5, 0.6) is 0 Å². The van der Waals surface area contributed by atoms with E-state index in [9.17, 15) is 4.79 Å². The largest absolute Gasteiger partial charge is 0.373 e. The van der Waals surface area contributed by atoms with Gasteiger partial charge in [0.25, 0.3) is 0 Å². The van der Waals surface area contributed by atoms with Crippen molar-refractivity contribution in [3.05, 3.63) is 23.7 Å². The molecule has 1 N–H and O–H groups in total. The fraction of sp³-hybridized carbons (Fsp3) is 0.500. The van der Waals surface area contributed by atoms with E-state index in [0.29, 0.717) is 31.9 Å². The zero-order valence-electron chi connectivity index (χ0n) is 13.7. The van der Waals surface area contributed by atoms with Crippen LogP contribution in [0.4, 0.5) is 5.82 Å². The summed E-state index contributed by atoms with van der Waals surface area (Å²) in [4.78, 5) is 26.3. The predicted octanol–water partition coefficient (Wildman–Crippen LogP) is 1.30.